The first kappa shape index (κ1) is 14.0. The molecule has 1 saturated carbocycles. The van der Waals surface area contributed by atoms with E-state index >= 15 is 0 Å². The summed E-state index contributed by atoms with van der Waals surface area (Å²) in [7, 11) is 0. The molecule has 0 bridgehead atoms. The van der Waals surface area contributed by atoms with Gasteiger partial charge in [0, 0.05) is 0 Å². The van der Waals surface area contributed by atoms with Gasteiger partial charge in [-0.1, -0.05) is 12.1 Å². The molecule has 6 nitrogen and oxygen atoms in total. The standard InChI is InChI=1S/C14H15N3O3/c15-7-10-3-1-2-4-11(10)17-12(18)8-16-13(14(19)20)9-5-6-9/h1-4,9,13,16H,5-6,8H2,(H,17,18)(H,19,20). The number of para-hydroxylation sites is 1. The van der Waals surface area contributed by atoms with Crippen molar-refractivity contribution < 1.29 is 14.7 Å². The molecule has 6 heteroatoms. The fourth-order valence-corrected chi connectivity index (χ4v) is 1.97. The van der Waals surface area contributed by atoms with E-state index in [-0.39, 0.29) is 18.4 Å². The molecule has 1 atom stereocenters. The van der Waals surface area contributed by atoms with E-state index in [1.807, 2.05) is 6.07 Å². The highest BCUT2D eigenvalue weighted by Crippen LogP contribution is 2.32. The minimum atomic E-state index is -0.933. The number of carboxylic acid groups (broad SMARTS) is 1. The van der Waals surface area contributed by atoms with E-state index in [9.17, 15) is 9.59 Å². The smallest absolute Gasteiger partial charge is 0.320 e. The molecule has 1 unspecified atom stereocenters. The van der Waals surface area contributed by atoms with E-state index in [0.29, 0.717) is 11.3 Å². The largest absolute Gasteiger partial charge is 0.480 e. The molecule has 20 heavy (non-hydrogen) atoms. The predicted molar refractivity (Wildman–Crippen MR) is 71.9 cm³/mol. The summed E-state index contributed by atoms with van der Waals surface area (Å²) in [5.74, 6) is -1.18. The zero-order chi connectivity index (χ0) is 14.5. The fraction of sp³-hybridized carbons (Fsp3) is 0.357. The van der Waals surface area contributed by atoms with Crippen LogP contribution in [0.2, 0.25) is 0 Å². The van der Waals surface area contributed by atoms with Gasteiger partial charge < -0.3 is 10.4 Å². The second-order valence-electron chi connectivity index (χ2n) is 4.74. The third-order valence-electron chi connectivity index (χ3n) is 3.16. The second-order valence-corrected chi connectivity index (χ2v) is 4.74. The lowest BCUT2D eigenvalue weighted by Gasteiger charge is -2.13. The second kappa shape index (κ2) is 6.17. The average molecular weight is 273 g/mol. The highest BCUT2D eigenvalue weighted by atomic mass is 16.4. The molecule has 0 aromatic heterocycles. The highest BCUT2D eigenvalue weighted by Gasteiger charge is 2.36. The van der Waals surface area contributed by atoms with E-state index in [4.69, 9.17) is 10.4 Å². The van der Waals surface area contributed by atoms with E-state index in [0.717, 1.165) is 12.8 Å². The molecule has 1 fully saturated rings. The van der Waals surface area contributed by atoms with Crippen LogP contribution in [-0.4, -0.2) is 29.6 Å². The molecule has 0 heterocycles. The Morgan fingerprint density at radius 2 is 2.10 bits per heavy atom. The van der Waals surface area contributed by atoms with Gasteiger partial charge >= 0.3 is 5.97 Å². The molecule has 1 aliphatic rings. The first-order valence-corrected chi connectivity index (χ1v) is 6.37. The van der Waals surface area contributed by atoms with E-state index in [2.05, 4.69) is 10.6 Å². The predicted octanol–water partition coefficient (Wildman–Crippen LogP) is 0.950. The molecule has 1 aliphatic carbocycles. The third kappa shape index (κ3) is 3.56. The SMILES string of the molecule is N#Cc1ccccc1NC(=O)CNC(C(=O)O)C1CC1. The number of nitriles is 1. The number of benzene rings is 1. The molecule has 0 radical (unpaired) electrons. The molecule has 3 N–H and O–H groups in total. The molecule has 2 rings (SSSR count). The average Bonchev–Trinajstić information content (AvgIpc) is 3.24. The summed E-state index contributed by atoms with van der Waals surface area (Å²) in [5, 5.41) is 23.3. The molecule has 1 aromatic rings. The van der Waals surface area contributed by atoms with Gasteiger partial charge in [-0.15, -0.1) is 0 Å². The number of rotatable bonds is 6. The van der Waals surface area contributed by atoms with Crippen molar-refractivity contribution >= 4 is 17.6 Å². The van der Waals surface area contributed by atoms with Gasteiger partial charge in [-0.3, -0.25) is 14.9 Å². The van der Waals surface area contributed by atoms with Crippen LogP contribution in [0.5, 0.6) is 0 Å². The zero-order valence-corrected chi connectivity index (χ0v) is 10.8. The Hall–Kier alpha value is -2.39. The minimum Gasteiger partial charge on any atom is -0.480 e. The number of carbonyl (C=O) groups is 2. The number of amides is 1. The summed E-state index contributed by atoms with van der Waals surface area (Å²) < 4.78 is 0. The van der Waals surface area contributed by atoms with E-state index in [1.54, 1.807) is 24.3 Å². The first-order valence-electron chi connectivity index (χ1n) is 6.37. The van der Waals surface area contributed by atoms with Crippen molar-refractivity contribution in [3.05, 3.63) is 29.8 Å². The van der Waals surface area contributed by atoms with Crippen LogP contribution in [0, 0.1) is 17.2 Å². The number of anilines is 1. The van der Waals surface area contributed by atoms with E-state index in [1.165, 1.54) is 0 Å². The Kier molecular flexibility index (Phi) is 4.33. The first-order chi connectivity index (χ1) is 9.61. The number of hydrogen-bond donors (Lipinski definition) is 3. The van der Waals surface area contributed by atoms with Crippen LogP contribution in [0.3, 0.4) is 0 Å². The summed E-state index contributed by atoms with van der Waals surface area (Å²) in [4.78, 5) is 22.8. The van der Waals surface area contributed by atoms with Crippen LogP contribution < -0.4 is 10.6 Å². The van der Waals surface area contributed by atoms with Gasteiger partial charge in [-0.05, 0) is 30.9 Å². The molecular formula is C14H15N3O3. The summed E-state index contributed by atoms with van der Waals surface area (Å²) in [6.07, 6.45) is 1.76. The summed E-state index contributed by atoms with van der Waals surface area (Å²) in [5.41, 5.74) is 0.804. The lowest BCUT2D eigenvalue weighted by Crippen LogP contribution is -2.42. The van der Waals surface area contributed by atoms with Crippen LogP contribution in [0.1, 0.15) is 18.4 Å². The van der Waals surface area contributed by atoms with E-state index < -0.39 is 12.0 Å². The lowest BCUT2D eigenvalue weighted by atomic mass is 10.2. The molecule has 0 spiro atoms. The molecule has 0 saturated heterocycles. The third-order valence-corrected chi connectivity index (χ3v) is 3.16. The van der Waals surface area contributed by atoms with Crippen LogP contribution in [0.15, 0.2) is 24.3 Å². The maximum atomic E-state index is 11.8. The Morgan fingerprint density at radius 1 is 1.40 bits per heavy atom. The molecule has 0 aliphatic heterocycles. The van der Waals surface area contributed by atoms with Crippen LogP contribution >= 0.6 is 0 Å². The number of carboxylic acids is 1. The number of hydrogen-bond acceptors (Lipinski definition) is 4. The molecular weight excluding hydrogens is 258 g/mol. The van der Waals surface area contributed by atoms with Gasteiger partial charge in [0.15, 0.2) is 0 Å². The van der Waals surface area contributed by atoms with Crippen LogP contribution in [0.25, 0.3) is 0 Å². The molecule has 1 aromatic carbocycles. The van der Waals surface area contributed by atoms with Gasteiger partial charge in [0.25, 0.3) is 0 Å². The van der Waals surface area contributed by atoms with Crippen molar-refractivity contribution in [1.82, 2.24) is 5.32 Å². The maximum absolute atomic E-state index is 11.8. The Labute approximate surface area is 116 Å². The maximum Gasteiger partial charge on any atom is 0.320 e. The van der Waals surface area contributed by atoms with Gasteiger partial charge in [0.2, 0.25) is 5.91 Å². The van der Waals surface area contributed by atoms with Gasteiger partial charge in [-0.25, -0.2) is 0 Å². The fourth-order valence-electron chi connectivity index (χ4n) is 1.97. The van der Waals surface area contributed by atoms with Crippen molar-refractivity contribution in [2.24, 2.45) is 5.92 Å². The van der Waals surface area contributed by atoms with Gasteiger partial charge in [-0.2, -0.15) is 5.26 Å². The minimum absolute atomic E-state index is 0.0901. The lowest BCUT2D eigenvalue weighted by molar-refractivity contribution is -0.140. The van der Waals surface area contributed by atoms with Gasteiger partial charge in [0.05, 0.1) is 17.8 Å². The normalized spacial score (nSPS) is 15.2. The zero-order valence-electron chi connectivity index (χ0n) is 10.8. The Balaban J connectivity index is 1.89. The number of aliphatic carboxylic acids is 1. The van der Waals surface area contributed by atoms with Crippen molar-refractivity contribution in [1.29, 1.82) is 5.26 Å². The molecule has 1 amide bonds. The number of nitrogens with zero attached hydrogens (tertiary/aromatic N) is 1. The highest BCUT2D eigenvalue weighted by molar-refractivity contribution is 5.93. The topological polar surface area (TPSA) is 102 Å². The summed E-state index contributed by atoms with van der Waals surface area (Å²) in [6, 6.07) is 7.97. The Morgan fingerprint density at radius 3 is 2.70 bits per heavy atom. The summed E-state index contributed by atoms with van der Waals surface area (Å²) in [6.45, 7) is -0.0901. The number of nitrogens with one attached hydrogen (secondary N) is 2. The van der Waals surface area contributed by atoms with Crippen molar-refractivity contribution in [3.8, 4) is 6.07 Å². The van der Waals surface area contributed by atoms with Crippen LogP contribution in [0.4, 0.5) is 5.69 Å². The monoisotopic (exact) mass is 273 g/mol. The van der Waals surface area contributed by atoms with Gasteiger partial charge in [0.1, 0.15) is 12.1 Å². The van der Waals surface area contributed by atoms with Crippen molar-refractivity contribution in [2.45, 2.75) is 18.9 Å². The van der Waals surface area contributed by atoms with Crippen LogP contribution in [-0.2, 0) is 9.59 Å². The van der Waals surface area contributed by atoms with Crippen molar-refractivity contribution in [3.63, 3.8) is 0 Å². The quantitative estimate of drug-likeness (QED) is 0.716. The number of carbonyl (C=O) groups excluding carboxylic acids is 1. The Bertz CT molecular complexity index is 561. The summed E-state index contributed by atoms with van der Waals surface area (Å²) >= 11 is 0. The molecule has 104 valence electrons. The van der Waals surface area contributed by atoms with Crippen molar-refractivity contribution in [2.75, 3.05) is 11.9 Å².